The molecule has 5 nitrogen and oxygen atoms in total. The third-order valence-corrected chi connectivity index (χ3v) is 5.37. The van der Waals surface area contributed by atoms with Gasteiger partial charge in [-0.3, -0.25) is 9.48 Å². The van der Waals surface area contributed by atoms with E-state index in [4.69, 9.17) is 0 Å². The van der Waals surface area contributed by atoms with Gasteiger partial charge in [0, 0.05) is 32.4 Å². The van der Waals surface area contributed by atoms with Crippen LogP contribution in [0.5, 0.6) is 0 Å². The molecule has 1 amide bonds. The van der Waals surface area contributed by atoms with Gasteiger partial charge in [0.05, 0.1) is 16.3 Å². The van der Waals surface area contributed by atoms with Crippen LogP contribution in [0.2, 0.25) is 0 Å². The number of para-hydroxylation sites is 1. The predicted molar refractivity (Wildman–Crippen MR) is 92.3 cm³/mol. The standard InChI is InChI=1S/C17H20N4OS/c1-12(17-19-14-6-4-5-7-15(14)23-17)20(2)16(22)9-8-13-10-11-18-21(13)3/h4-7,10-12H,8-9H2,1-3H3. The lowest BCUT2D eigenvalue weighted by molar-refractivity contribution is -0.131. The van der Waals surface area contributed by atoms with Gasteiger partial charge in [0.25, 0.3) is 0 Å². The number of aryl methyl sites for hydroxylation is 2. The Bertz CT molecular complexity index is 790. The average Bonchev–Trinajstić information content (AvgIpc) is 3.17. The van der Waals surface area contributed by atoms with Crippen LogP contribution < -0.4 is 0 Å². The monoisotopic (exact) mass is 328 g/mol. The Labute approximate surface area is 139 Å². The summed E-state index contributed by atoms with van der Waals surface area (Å²) in [7, 11) is 3.75. The van der Waals surface area contributed by atoms with Gasteiger partial charge in [-0.05, 0) is 31.5 Å². The summed E-state index contributed by atoms with van der Waals surface area (Å²) in [5.41, 5.74) is 2.06. The molecule has 0 aliphatic heterocycles. The van der Waals surface area contributed by atoms with Crippen LogP contribution in [0.1, 0.15) is 30.1 Å². The number of amides is 1. The summed E-state index contributed by atoms with van der Waals surface area (Å²) in [6.07, 6.45) is 2.94. The van der Waals surface area contributed by atoms with E-state index in [9.17, 15) is 4.79 Å². The van der Waals surface area contributed by atoms with Crippen molar-refractivity contribution in [3.8, 4) is 0 Å². The number of thiazole rings is 1. The van der Waals surface area contributed by atoms with E-state index in [0.29, 0.717) is 12.8 Å². The highest BCUT2D eigenvalue weighted by Gasteiger charge is 2.20. The molecule has 1 atom stereocenters. The van der Waals surface area contributed by atoms with Gasteiger partial charge in [-0.15, -0.1) is 11.3 Å². The lowest BCUT2D eigenvalue weighted by Crippen LogP contribution is -2.29. The van der Waals surface area contributed by atoms with E-state index in [0.717, 1.165) is 20.9 Å². The molecule has 3 aromatic rings. The molecular formula is C17H20N4OS. The lowest BCUT2D eigenvalue weighted by Gasteiger charge is -2.23. The number of nitrogens with zero attached hydrogens (tertiary/aromatic N) is 4. The molecule has 6 heteroatoms. The summed E-state index contributed by atoms with van der Waals surface area (Å²) < 4.78 is 2.97. The minimum atomic E-state index is -0.0218. The predicted octanol–water partition coefficient (Wildman–Crippen LogP) is 3.18. The van der Waals surface area contributed by atoms with Crippen LogP contribution in [0.25, 0.3) is 10.2 Å². The molecule has 1 aromatic carbocycles. The largest absolute Gasteiger partial charge is 0.337 e. The minimum absolute atomic E-state index is 0.0218. The number of carbonyl (C=O) groups is 1. The van der Waals surface area contributed by atoms with Crippen LogP contribution in [0.15, 0.2) is 36.5 Å². The Kier molecular flexibility index (Phi) is 4.43. The van der Waals surface area contributed by atoms with Gasteiger partial charge in [-0.25, -0.2) is 4.98 Å². The van der Waals surface area contributed by atoms with Crippen molar-refractivity contribution in [1.29, 1.82) is 0 Å². The Morgan fingerprint density at radius 1 is 1.35 bits per heavy atom. The Hall–Kier alpha value is -2.21. The SMILES string of the molecule is CC(c1nc2ccccc2s1)N(C)C(=O)CCc1ccnn1C. The van der Waals surface area contributed by atoms with Crippen LogP contribution in [0.4, 0.5) is 0 Å². The molecule has 2 aromatic heterocycles. The molecule has 0 spiro atoms. The number of benzene rings is 1. The van der Waals surface area contributed by atoms with Gasteiger partial charge in [0.2, 0.25) is 5.91 Å². The zero-order valence-electron chi connectivity index (χ0n) is 13.6. The molecule has 2 heterocycles. The molecule has 0 fully saturated rings. The van der Waals surface area contributed by atoms with E-state index in [1.165, 1.54) is 0 Å². The van der Waals surface area contributed by atoms with Crippen molar-refractivity contribution in [2.24, 2.45) is 7.05 Å². The van der Waals surface area contributed by atoms with Crippen molar-refractivity contribution in [3.63, 3.8) is 0 Å². The average molecular weight is 328 g/mol. The maximum absolute atomic E-state index is 12.5. The molecule has 3 rings (SSSR count). The first-order valence-corrected chi connectivity index (χ1v) is 8.46. The number of fused-ring (bicyclic) bond motifs is 1. The molecule has 0 bridgehead atoms. The topological polar surface area (TPSA) is 51.0 Å². The van der Waals surface area contributed by atoms with Gasteiger partial charge in [-0.2, -0.15) is 5.10 Å². The van der Waals surface area contributed by atoms with Crippen molar-refractivity contribution in [2.45, 2.75) is 25.8 Å². The fourth-order valence-electron chi connectivity index (χ4n) is 2.51. The normalized spacial score (nSPS) is 12.5. The Morgan fingerprint density at radius 2 is 2.13 bits per heavy atom. The van der Waals surface area contributed by atoms with Crippen LogP contribution >= 0.6 is 11.3 Å². The molecule has 0 saturated carbocycles. The van der Waals surface area contributed by atoms with Crippen LogP contribution in [0, 0.1) is 0 Å². The zero-order valence-corrected chi connectivity index (χ0v) is 14.4. The number of hydrogen-bond donors (Lipinski definition) is 0. The molecule has 0 N–H and O–H groups in total. The van der Waals surface area contributed by atoms with Gasteiger partial charge < -0.3 is 4.90 Å². The Balaban J connectivity index is 1.67. The zero-order chi connectivity index (χ0) is 16.4. The first-order chi connectivity index (χ1) is 11.1. The van der Waals surface area contributed by atoms with E-state index in [2.05, 4.69) is 16.1 Å². The fourth-order valence-corrected chi connectivity index (χ4v) is 3.57. The van der Waals surface area contributed by atoms with Gasteiger partial charge in [0.1, 0.15) is 5.01 Å². The highest BCUT2D eigenvalue weighted by molar-refractivity contribution is 7.18. The second-order valence-corrected chi connectivity index (χ2v) is 6.71. The first kappa shape index (κ1) is 15.7. The molecule has 0 aliphatic carbocycles. The molecule has 0 saturated heterocycles. The summed E-state index contributed by atoms with van der Waals surface area (Å²) >= 11 is 1.65. The summed E-state index contributed by atoms with van der Waals surface area (Å²) in [4.78, 5) is 18.9. The van der Waals surface area contributed by atoms with Gasteiger partial charge in [0.15, 0.2) is 0 Å². The molecule has 23 heavy (non-hydrogen) atoms. The number of hydrogen-bond acceptors (Lipinski definition) is 4. The van der Waals surface area contributed by atoms with Gasteiger partial charge in [-0.1, -0.05) is 12.1 Å². The summed E-state index contributed by atoms with van der Waals surface area (Å²) in [5, 5.41) is 5.10. The quantitative estimate of drug-likeness (QED) is 0.723. The minimum Gasteiger partial charge on any atom is -0.337 e. The number of rotatable bonds is 5. The fraction of sp³-hybridized carbons (Fsp3) is 0.353. The summed E-state index contributed by atoms with van der Waals surface area (Å²) in [6.45, 7) is 2.03. The van der Waals surface area contributed by atoms with E-state index in [1.807, 2.05) is 50.0 Å². The second-order valence-electron chi connectivity index (χ2n) is 5.65. The smallest absolute Gasteiger partial charge is 0.223 e. The molecule has 120 valence electrons. The molecule has 0 aliphatic rings. The second kappa shape index (κ2) is 6.50. The Morgan fingerprint density at radius 3 is 2.83 bits per heavy atom. The van der Waals surface area contributed by atoms with E-state index in [1.54, 1.807) is 22.4 Å². The van der Waals surface area contributed by atoms with Crippen LogP contribution in [-0.2, 0) is 18.3 Å². The van der Waals surface area contributed by atoms with Gasteiger partial charge >= 0.3 is 0 Å². The lowest BCUT2D eigenvalue weighted by atomic mass is 10.2. The highest BCUT2D eigenvalue weighted by Crippen LogP contribution is 2.29. The number of aromatic nitrogens is 3. The van der Waals surface area contributed by atoms with Crippen LogP contribution in [-0.4, -0.2) is 32.6 Å². The first-order valence-electron chi connectivity index (χ1n) is 7.64. The molecule has 1 unspecified atom stereocenters. The van der Waals surface area contributed by atoms with E-state index >= 15 is 0 Å². The third kappa shape index (κ3) is 3.27. The molecular weight excluding hydrogens is 308 g/mol. The number of carbonyl (C=O) groups excluding carboxylic acids is 1. The summed E-state index contributed by atoms with van der Waals surface area (Å²) in [5.74, 6) is 0.123. The maximum Gasteiger partial charge on any atom is 0.223 e. The van der Waals surface area contributed by atoms with E-state index in [-0.39, 0.29) is 11.9 Å². The van der Waals surface area contributed by atoms with Crippen molar-refractivity contribution in [2.75, 3.05) is 7.05 Å². The van der Waals surface area contributed by atoms with Crippen molar-refractivity contribution in [3.05, 3.63) is 47.2 Å². The maximum atomic E-state index is 12.5. The van der Waals surface area contributed by atoms with E-state index < -0.39 is 0 Å². The third-order valence-electron chi connectivity index (χ3n) is 4.16. The van der Waals surface area contributed by atoms with Crippen molar-refractivity contribution < 1.29 is 4.79 Å². The highest BCUT2D eigenvalue weighted by atomic mass is 32.1. The van der Waals surface area contributed by atoms with Crippen LogP contribution in [0.3, 0.4) is 0 Å². The van der Waals surface area contributed by atoms with Crippen molar-refractivity contribution in [1.82, 2.24) is 19.7 Å². The summed E-state index contributed by atoms with van der Waals surface area (Å²) in [6, 6.07) is 9.99. The molecule has 0 radical (unpaired) electrons. The van der Waals surface area contributed by atoms with Crippen molar-refractivity contribution >= 4 is 27.5 Å².